The van der Waals surface area contributed by atoms with Crippen molar-refractivity contribution in [2.75, 3.05) is 11.9 Å². The number of halogens is 2. The number of aromatic nitrogens is 1. The number of rotatable bonds is 5. The van der Waals surface area contributed by atoms with Crippen LogP contribution in [-0.2, 0) is 0 Å². The van der Waals surface area contributed by atoms with E-state index < -0.39 is 0 Å². The quantitative estimate of drug-likeness (QED) is 0.760. The van der Waals surface area contributed by atoms with E-state index in [0.29, 0.717) is 10.4 Å². The third-order valence-corrected chi connectivity index (χ3v) is 4.67. The Morgan fingerprint density at radius 3 is 2.68 bits per heavy atom. The zero-order chi connectivity index (χ0) is 13.9. The Morgan fingerprint density at radius 2 is 2.11 bits per heavy atom. The third kappa shape index (κ3) is 4.09. The molecule has 0 amide bonds. The molecule has 0 bridgehead atoms. The number of nitrogens with zero attached hydrogens (tertiary/aromatic N) is 1. The van der Waals surface area contributed by atoms with Crippen LogP contribution in [0.3, 0.4) is 0 Å². The Morgan fingerprint density at radius 1 is 1.42 bits per heavy atom. The molecule has 0 radical (unpaired) electrons. The SMILES string of the molecule is CC(C)CC1(CNc2ncc(Br)cc2Cl)CCCC1. The summed E-state index contributed by atoms with van der Waals surface area (Å²) in [5.74, 6) is 1.55. The zero-order valence-corrected chi connectivity index (χ0v) is 14.0. The molecule has 1 saturated carbocycles. The highest BCUT2D eigenvalue weighted by molar-refractivity contribution is 9.10. The molecule has 0 atom stereocenters. The van der Waals surface area contributed by atoms with Crippen LogP contribution in [0.15, 0.2) is 16.7 Å². The maximum absolute atomic E-state index is 6.21. The molecule has 2 rings (SSSR count). The van der Waals surface area contributed by atoms with Crippen molar-refractivity contribution in [3.63, 3.8) is 0 Å². The Hall–Kier alpha value is -0.280. The summed E-state index contributed by atoms with van der Waals surface area (Å²) in [4.78, 5) is 4.36. The highest BCUT2D eigenvalue weighted by Gasteiger charge is 2.34. The van der Waals surface area contributed by atoms with E-state index >= 15 is 0 Å². The molecule has 1 N–H and O–H groups in total. The molecular weight excluding hydrogens is 324 g/mol. The summed E-state index contributed by atoms with van der Waals surface area (Å²) in [6.07, 6.45) is 8.44. The maximum Gasteiger partial charge on any atom is 0.144 e. The third-order valence-electron chi connectivity index (χ3n) is 3.94. The highest BCUT2D eigenvalue weighted by atomic mass is 79.9. The first-order valence-corrected chi connectivity index (χ1v) is 8.23. The first-order chi connectivity index (χ1) is 9.01. The van der Waals surface area contributed by atoms with Gasteiger partial charge >= 0.3 is 0 Å². The zero-order valence-electron chi connectivity index (χ0n) is 11.7. The first kappa shape index (κ1) is 15.1. The second-order valence-electron chi connectivity index (χ2n) is 6.14. The van der Waals surface area contributed by atoms with Gasteiger partial charge in [0.2, 0.25) is 0 Å². The molecule has 106 valence electrons. The minimum absolute atomic E-state index is 0.437. The standard InChI is InChI=1S/C15H22BrClN2/c1-11(2)8-15(5-3-4-6-15)10-19-14-13(17)7-12(16)9-18-14/h7,9,11H,3-6,8,10H2,1-2H3,(H,18,19). The average Bonchev–Trinajstić information content (AvgIpc) is 2.76. The maximum atomic E-state index is 6.21. The van der Waals surface area contributed by atoms with Crippen molar-refractivity contribution < 1.29 is 0 Å². The van der Waals surface area contributed by atoms with Crippen molar-refractivity contribution in [1.82, 2.24) is 4.98 Å². The Bertz CT molecular complexity index is 428. The van der Waals surface area contributed by atoms with Gasteiger partial charge in [-0.15, -0.1) is 0 Å². The van der Waals surface area contributed by atoms with Crippen LogP contribution in [0.1, 0.15) is 46.0 Å². The Kier molecular flexibility index (Phi) is 5.13. The van der Waals surface area contributed by atoms with E-state index in [9.17, 15) is 0 Å². The lowest BCUT2D eigenvalue weighted by molar-refractivity contribution is 0.252. The first-order valence-electron chi connectivity index (χ1n) is 7.06. The monoisotopic (exact) mass is 344 g/mol. The van der Waals surface area contributed by atoms with E-state index in [1.54, 1.807) is 6.20 Å². The molecule has 1 fully saturated rings. The topological polar surface area (TPSA) is 24.9 Å². The second kappa shape index (κ2) is 6.45. The van der Waals surface area contributed by atoms with Gasteiger partial charge in [0.15, 0.2) is 0 Å². The van der Waals surface area contributed by atoms with Crippen molar-refractivity contribution in [2.45, 2.75) is 46.0 Å². The molecular formula is C15H22BrClN2. The van der Waals surface area contributed by atoms with Crippen LogP contribution in [0.2, 0.25) is 5.02 Å². The summed E-state index contributed by atoms with van der Waals surface area (Å²) in [6.45, 7) is 5.61. The molecule has 1 aliphatic rings. The van der Waals surface area contributed by atoms with E-state index in [4.69, 9.17) is 11.6 Å². The second-order valence-corrected chi connectivity index (χ2v) is 7.47. The van der Waals surface area contributed by atoms with Crippen LogP contribution in [0.4, 0.5) is 5.82 Å². The van der Waals surface area contributed by atoms with Gasteiger partial charge in [0.25, 0.3) is 0 Å². The smallest absolute Gasteiger partial charge is 0.144 e. The lowest BCUT2D eigenvalue weighted by Gasteiger charge is -2.31. The van der Waals surface area contributed by atoms with Gasteiger partial charge in [0.1, 0.15) is 5.82 Å². The fourth-order valence-electron chi connectivity index (χ4n) is 3.26. The summed E-state index contributed by atoms with van der Waals surface area (Å²) in [5, 5.41) is 4.15. The summed E-state index contributed by atoms with van der Waals surface area (Å²) < 4.78 is 0.917. The van der Waals surface area contributed by atoms with Crippen molar-refractivity contribution in [3.8, 4) is 0 Å². The highest BCUT2D eigenvalue weighted by Crippen LogP contribution is 2.43. The molecule has 1 aliphatic carbocycles. The lowest BCUT2D eigenvalue weighted by Crippen LogP contribution is -2.28. The summed E-state index contributed by atoms with van der Waals surface area (Å²) >= 11 is 9.59. The molecule has 0 saturated heterocycles. The van der Waals surface area contributed by atoms with Gasteiger partial charge in [0.05, 0.1) is 5.02 Å². The van der Waals surface area contributed by atoms with Crippen LogP contribution in [-0.4, -0.2) is 11.5 Å². The molecule has 19 heavy (non-hydrogen) atoms. The van der Waals surface area contributed by atoms with Crippen LogP contribution in [0, 0.1) is 11.3 Å². The van der Waals surface area contributed by atoms with Crippen molar-refractivity contribution in [3.05, 3.63) is 21.8 Å². The number of nitrogens with one attached hydrogen (secondary N) is 1. The van der Waals surface area contributed by atoms with Crippen molar-refractivity contribution >= 4 is 33.3 Å². The molecule has 1 aromatic heterocycles. The van der Waals surface area contributed by atoms with Gasteiger partial charge in [-0.05, 0) is 52.6 Å². The van der Waals surface area contributed by atoms with Crippen LogP contribution < -0.4 is 5.32 Å². The number of anilines is 1. The molecule has 1 aromatic rings. The Balaban J connectivity index is 2.02. The number of pyridine rings is 1. The van der Waals surface area contributed by atoms with Crippen molar-refractivity contribution in [2.24, 2.45) is 11.3 Å². The molecule has 0 aliphatic heterocycles. The van der Waals surface area contributed by atoms with E-state index in [-0.39, 0.29) is 0 Å². The molecule has 4 heteroatoms. The predicted octanol–water partition coefficient (Wildman–Crippen LogP) is 5.52. The summed E-state index contributed by atoms with van der Waals surface area (Å²) in [6, 6.07) is 1.89. The van der Waals surface area contributed by atoms with E-state index in [1.165, 1.54) is 32.1 Å². The van der Waals surface area contributed by atoms with Gasteiger partial charge in [0, 0.05) is 17.2 Å². The van der Waals surface area contributed by atoms with Crippen molar-refractivity contribution in [1.29, 1.82) is 0 Å². The summed E-state index contributed by atoms with van der Waals surface area (Å²) in [7, 11) is 0. The van der Waals surface area contributed by atoms with Gasteiger partial charge in [-0.3, -0.25) is 0 Å². The minimum atomic E-state index is 0.437. The van der Waals surface area contributed by atoms with E-state index in [2.05, 4.69) is 40.1 Å². The van der Waals surface area contributed by atoms with E-state index in [0.717, 1.165) is 22.8 Å². The minimum Gasteiger partial charge on any atom is -0.368 e. The predicted molar refractivity (Wildman–Crippen MR) is 85.8 cm³/mol. The van der Waals surface area contributed by atoms with Gasteiger partial charge in [-0.1, -0.05) is 38.3 Å². The normalized spacial score (nSPS) is 17.9. The van der Waals surface area contributed by atoms with Gasteiger partial charge in [-0.2, -0.15) is 0 Å². The molecule has 1 heterocycles. The largest absolute Gasteiger partial charge is 0.368 e. The lowest BCUT2D eigenvalue weighted by atomic mass is 9.78. The molecule has 0 unspecified atom stereocenters. The molecule has 2 nitrogen and oxygen atoms in total. The number of hydrogen-bond acceptors (Lipinski definition) is 2. The van der Waals surface area contributed by atoms with Crippen LogP contribution in [0.25, 0.3) is 0 Å². The fraction of sp³-hybridized carbons (Fsp3) is 0.667. The van der Waals surface area contributed by atoms with E-state index in [1.807, 2.05) is 6.07 Å². The molecule has 0 aromatic carbocycles. The molecule has 0 spiro atoms. The Labute approximate surface area is 129 Å². The van der Waals surface area contributed by atoms with Gasteiger partial charge < -0.3 is 5.32 Å². The van der Waals surface area contributed by atoms with Gasteiger partial charge in [-0.25, -0.2) is 4.98 Å². The average molecular weight is 346 g/mol. The fourth-order valence-corrected chi connectivity index (χ4v) is 3.96. The summed E-state index contributed by atoms with van der Waals surface area (Å²) in [5.41, 5.74) is 0.437. The van der Waals surface area contributed by atoms with Crippen LogP contribution >= 0.6 is 27.5 Å². The van der Waals surface area contributed by atoms with Crippen LogP contribution in [0.5, 0.6) is 0 Å². The number of hydrogen-bond donors (Lipinski definition) is 1.